The van der Waals surface area contributed by atoms with Crippen molar-refractivity contribution in [2.45, 2.75) is 25.9 Å². The first-order chi connectivity index (χ1) is 11.4. The Morgan fingerprint density at radius 3 is 2.58 bits per heavy atom. The predicted octanol–water partition coefficient (Wildman–Crippen LogP) is 2.05. The summed E-state index contributed by atoms with van der Waals surface area (Å²) >= 11 is 0. The molecule has 0 aliphatic carbocycles. The van der Waals surface area contributed by atoms with Gasteiger partial charge in [-0.05, 0) is 12.5 Å². The fourth-order valence-electron chi connectivity index (χ4n) is 2.72. The van der Waals surface area contributed by atoms with Gasteiger partial charge < -0.3 is 15.0 Å². The summed E-state index contributed by atoms with van der Waals surface area (Å²) in [5.74, 6) is 0.831. The van der Waals surface area contributed by atoms with Gasteiger partial charge in [0.2, 0.25) is 11.8 Å². The van der Waals surface area contributed by atoms with Crippen LogP contribution in [0.1, 0.15) is 29.3 Å². The van der Waals surface area contributed by atoms with Crippen LogP contribution in [0.15, 0.2) is 30.3 Å². The van der Waals surface area contributed by atoms with Gasteiger partial charge in [0.25, 0.3) is 0 Å². The molecule has 0 radical (unpaired) electrons. The predicted molar refractivity (Wildman–Crippen MR) is 93.8 cm³/mol. The van der Waals surface area contributed by atoms with Crippen LogP contribution in [0.5, 0.6) is 5.88 Å². The average molecular weight is 330 g/mol. The average Bonchev–Trinajstić information content (AvgIpc) is 2.84. The largest absolute Gasteiger partial charge is 0.481 e. The molecule has 0 fully saturated rings. The molecule has 0 saturated carbocycles. The number of hydrogen-bond donors (Lipinski definition) is 1. The molecule has 0 unspecified atom stereocenters. The maximum atomic E-state index is 12.2. The first kappa shape index (κ1) is 18.0. The highest BCUT2D eigenvalue weighted by atomic mass is 16.5. The quantitative estimate of drug-likeness (QED) is 0.844. The van der Waals surface area contributed by atoms with Crippen LogP contribution in [-0.2, 0) is 18.4 Å². The smallest absolute Gasteiger partial charge is 0.223 e. The molecule has 2 rings (SSSR count). The summed E-state index contributed by atoms with van der Waals surface area (Å²) in [6.45, 7) is 2.55. The molecule has 6 heteroatoms. The van der Waals surface area contributed by atoms with Gasteiger partial charge in [0.15, 0.2) is 0 Å². The lowest BCUT2D eigenvalue weighted by Crippen LogP contribution is -2.29. The monoisotopic (exact) mass is 330 g/mol. The maximum absolute atomic E-state index is 12.2. The highest BCUT2D eigenvalue weighted by molar-refractivity contribution is 5.76. The minimum Gasteiger partial charge on any atom is -0.481 e. The van der Waals surface area contributed by atoms with Gasteiger partial charge in [-0.2, -0.15) is 5.10 Å². The summed E-state index contributed by atoms with van der Waals surface area (Å²) < 4.78 is 7.17. The number of benzene rings is 1. The van der Waals surface area contributed by atoms with Crippen LogP contribution in [0.4, 0.5) is 0 Å². The van der Waals surface area contributed by atoms with Crippen molar-refractivity contribution >= 4 is 5.91 Å². The Morgan fingerprint density at radius 1 is 1.33 bits per heavy atom. The van der Waals surface area contributed by atoms with Crippen LogP contribution >= 0.6 is 0 Å². The van der Waals surface area contributed by atoms with E-state index in [1.54, 1.807) is 30.8 Å². The molecule has 6 nitrogen and oxygen atoms in total. The highest BCUT2D eigenvalue weighted by Crippen LogP contribution is 2.23. The standard InChI is InChI=1S/C18H26N4O2/c1-13-15(18(24-5)22(4)20-13)12-19-16(11-17(23)21(2)3)14-9-7-6-8-10-14/h6-10,16,19H,11-12H2,1-5H3/t16-/m0/s1. The van der Waals surface area contributed by atoms with E-state index in [0.29, 0.717) is 13.0 Å². The second-order valence-corrected chi connectivity index (χ2v) is 6.03. The molecule has 2 aromatic rings. The van der Waals surface area contributed by atoms with E-state index < -0.39 is 0 Å². The molecular weight excluding hydrogens is 304 g/mol. The van der Waals surface area contributed by atoms with Crippen molar-refractivity contribution in [2.24, 2.45) is 7.05 Å². The summed E-state index contributed by atoms with van der Waals surface area (Å²) in [6, 6.07) is 9.95. The summed E-state index contributed by atoms with van der Waals surface area (Å²) in [7, 11) is 7.06. The molecular formula is C18H26N4O2. The van der Waals surface area contributed by atoms with E-state index in [2.05, 4.69) is 10.4 Å². The number of methoxy groups -OCH3 is 1. The number of ether oxygens (including phenoxy) is 1. The zero-order chi connectivity index (χ0) is 17.7. The van der Waals surface area contributed by atoms with Gasteiger partial charge in [0, 0.05) is 40.2 Å². The molecule has 0 bridgehead atoms. The van der Waals surface area contributed by atoms with Crippen molar-refractivity contribution in [3.8, 4) is 5.88 Å². The number of hydrogen-bond acceptors (Lipinski definition) is 4. The van der Waals surface area contributed by atoms with E-state index >= 15 is 0 Å². The highest BCUT2D eigenvalue weighted by Gasteiger charge is 2.19. The van der Waals surface area contributed by atoms with Crippen molar-refractivity contribution in [2.75, 3.05) is 21.2 Å². The maximum Gasteiger partial charge on any atom is 0.223 e. The van der Waals surface area contributed by atoms with Crippen molar-refractivity contribution in [3.63, 3.8) is 0 Å². The molecule has 130 valence electrons. The van der Waals surface area contributed by atoms with E-state index in [0.717, 1.165) is 22.7 Å². The number of rotatable bonds is 7. The molecule has 1 aromatic heterocycles. The Labute approximate surface area is 143 Å². The summed E-state index contributed by atoms with van der Waals surface area (Å²) in [5.41, 5.74) is 3.03. The van der Waals surface area contributed by atoms with Crippen LogP contribution in [0.2, 0.25) is 0 Å². The van der Waals surface area contributed by atoms with Crippen molar-refractivity contribution in [1.29, 1.82) is 0 Å². The van der Waals surface area contributed by atoms with Gasteiger partial charge in [-0.25, -0.2) is 4.68 Å². The Bertz CT molecular complexity index is 680. The molecule has 1 aromatic carbocycles. The van der Waals surface area contributed by atoms with Gasteiger partial charge in [-0.1, -0.05) is 30.3 Å². The second kappa shape index (κ2) is 7.97. The topological polar surface area (TPSA) is 59.4 Å². The summed E-state index contributed by atoms with van der Waals surface area (Å²) in [5, 5.41) is 7.88. The molecule has 24 heavy (non-hydrogen) atoms. The number of amides is 1. The van der Waals surface area contributed by atoms with Gasteiger partial charge in [-0.15, -0.1) is 0 Å². The lowest BCUT2D eigenvalue weighted by Gasteiger charge is -2.21. The Balaban J connectivity index is 2.18. The normalized spacial score (nSPS) is 12.0. The van der Waals surface area contributed by atoms with Crippen LogP contribution < -0.4 is 10.1 Å². The van der Waals surface area contributed by atoms with Crippen LogP contribution in [0.25, 0.3) is 0 Å². The molecule has 0 saturated heterocycles. The number of carbonyl (C=O) groups excluding carboxylic acids is 1. The zero-order valence-corrected chi connectivity index (χ0v) is 15.0. The zero-order valence-electron chi connectivity index (χ0n) is 15.0. The van der Waals surface area contributed by atoms with Crippen molar-refractivity contribution < 1.29 is 9.53 Å². The van der Waals surface area contributed by atoms with E-state index in [1.165, 1.54) is 0 Å². The van der Waals surface area contributed by atoms with E-state index in [4.69, 9.17) is 4.74 Å². The Kier molecular flexibility index (Phi) is 5.98. The number of carbonyl (C=O) groups is 1. The first-order valence-corrected chi connectivity index (χ1v) is 7.99. The fraction of sp³-hybridized carbons (Fsp3) is 0.444. The second-order valence-electron chi connectivity index (χ2n) is 6.03. The van der Waals surface area contributed by atoms with Crippen LogP contribution in [0.3, 0.4) is 0 Å². The van der Waals surface area contributed by atoms with Gasteiger partial charge >= 0.3 is 0 Å². The molecule has 1 atom stereocenters. The van der Waals surface area contributed by atoms with Crippen molar-refractivity contribution in [1.82, 2.24) is 20.0 Å². The minimum absolute atomic E-state index is 0.0644. The number of nitrogens with zero attached hydrogens (tertiary/aromatic N) is 3. The van der Waals surface area contributed by atoms with Crippen LogP contribution in [0, 0.1) is 6.92 Å². The first-order valence-electron chi connectivity index (χ1n) is 7.99. The van der Waals surface area contributed by atoms with Crippen molar-refractivity contribution in [3.05, 3.63) is 47.2 Å². The molecule has 0 aliphatic heterocycles. The Hall–Kier alpha value is -2.34. The summed E-state index contributed by atoms with van der Waals surface area (Å²) in [6.07, 6.45) is 0.401. The number of nitrogens with one attached hydrogen (secondary N) is 1. The molecule has 0 spiro atoms. The Morgan fingerprint density at radius 2 is 2.00 bits per heavy atom. The molecule has 1 N–H and O–H groups in total. The SMILES string of the molecule is COc1c(CN[C@@H](CC(=O)N(C)C)c2ccccc2)c(C)nn1C. The van der Waals surface area contributed by atoms with Gasteiger partial charge in [-0.3, -0.25) is 4.79 Å². The number of aromatic nitrogens is 2. The van der Waals surface area contributed by atoms with Gasteiger partial charge in [0.1, 0.15) is 0 Å². The minimum atomic E-state index is -0.0644. The van der Waals surface area contributed by atoms with E-state index in [9.17, 15) is 4.79 Å². The molecule has 1 heterocycles. The van der Waals surface area contributed by atoms with E-state index in [-0.39, 0.29) is 11.9 Å². The van der Waals surface area contributed by atoms with E-state index in [1.807, 2.05) is 44.3 Å². The van der Waals surface area contributed by atoms with Gasteiger partial charge in [0.05, 0.1) is 18.4 Å². The third-order valence-corrected chi connectivity index (χ3v) is 4.09. The number of aryl methyl sites for hydroxylation is 2. The van der Waals surface area contributed by atoms with Crippen LogP contribution in [-0.4, -0.2) is 41.8 Å². The lowest BCUT2D eigenvalue weighted by atomic mass is 10.0. The fourth-order valence-corrected chi connectivity index (χ4v) is 2.72. The third-order valence-electron chi connectivity index (χ3n) is 4.09. The molecule has 1 amide bonds. The molecule has 0 aliphatic rings. The third kappa shape index (κ3) is 4.14. The lowest BCUT2D eigenvalue weighted by molar-refractivity contribution is -0.129. The summed E-state index contributed by atoms with van der Waals surface area (Å²) in [4.78, 5) is 13.8.